The fourth-order valence-corrected chi connectivity index (χ4v) is 5.23. The van der Waals surface area contributed by atoms with E-state index in [0.717, 1.165) is 24.7 Å². The van der Waals surface area contributed by atoms with E-state index in [4.69, 9.17) is 5.11 Å². The van der Waals surface area contributed by atoms with Gasteiger partial charge in [0, 0.05) is 0 Å². The number of carboxylic acids is 1. The summed E-state index contributed by atoms with van der Waals surface area (Å²) in [4.78, 5) is 11.0. The van der Waals surface area contributed by atoms with Gasteiger partial charge in [0.2, 0.25) is 0 Å². The number of rotatable bonds is 2. The monoisotopic (exact) mass is 300 g/mol. The van der Waals surface area contributed by atoms with Gasteiger partial charge in [0.25, 0.3) is 0 Å². The van der Waals surface area contributed by atoms with Crippen LogP contribution < -0.4 is 0 Å². The highest BCUT2D eigenvalue weighted by Crippen LogP contribution is 2.48. The lowest BCUT2D eigenvalue weighted by molar-refractivity contribution is -0.150. The lowest BCUT2D eigenvalue weighted by Crippen LogP contribution is -2.43. The fourth-order valence-electron chi connectivity index (χ4n) is 5.23. The van der Waals surface area contributed by atoms with Crippen molar-refractivity contribution >= 4 is 5.97 Å². The van der Waals surface area contributed by atoms with E-state index in [1.165, 1.54) is 32.1 Å². The average molecular weight is 300 g/mol. The third-order valence-electron chi connectivity index (χ3n) is 6.37. The number of aliphatic carboxylic acids is 1. The molecule has 1 N–H and O–H groups in total. The van der Waals surface area contributed by atoms with Crippen molar-refractivity contribution in [1.82, 2.24) is 0 Å². The van der Waals surface area contributed by atoms with Crippen LogP contribution in [0, 0.1) is 29.6 Å². The van der Waals surface area contributed by atoms with E-state index in [2.05, 4.69) is 0 Å². The molecule has 5 unspecified atom stereocenters. The van der Waals surface area contributed by atoms with E-state index in [0.29, 0.717) is 5.92 Å². The van der Waals surface area contributed by atoms with Gasteiger partial charge in [-0.3, -0.25) is 4.79 Å². The number of hydrogen-bond acceptors (Lipinski definition) is 1. The van der Waals surface area contributed by atoms with Crippen LogP contribution in [0.1, 0.15) is 57.8 Å². The standard InChI is InChI=1S/C17H26F2O2/c18-14-8-13(9-15(19)16(14)17(20)21)12-6-5-10-3-1-2-4-11(10)7-12/h10-16H,1-9H2,(H,20,21). The maximum absolute atomic E-state index is 14.1. The van der Waals surface area contributed by atoms with Crippen LogP contribution in [0.5, 0.6) is 0 Å². The highest BCUT2D eigenvalue weighted by Gasteiger charge is 2.46. The Balaban J connectivity index is 1.61. The highest BCUT2D eigenvalue weighted by atomic mass is 19.1. The predicted molar refractivity (Wildman–Crippen MR) is 76.4 cm³/mol. The van der Waals surface area contributed by atoms with Gasteiger partial charge in [0.05, 0.1) is 0 Å². The molecule has 0 spiro atoms. The van der Waals surface area contributed by atoms with E-state index in [9.17, 15) is 13.6 Å². The third-order valence-corrected chi connectivity index (χ3v) is 6.37. The number of halogens is 2. The molecule has 0 aromatic heterocycles. The van der Waals surface area contributed by atoms with Crippen molar-refractivity contribution in [2.75, 3.05) is 0 Å². The van der Waals surface area contributed by atoms with Gasteiger partial charge in [0.15, 0.2) is 0 Å². The lowest BCUT2D eigenvalue weighted by Gasteiger charge is -2.44. The normalized spacial score (nSPS) is 47.6. The summed E-state index contributed by atoms with van der Waals surface area (Å²) in [6.45, 7) is 0. The molecule has 3 aliphatic rings. The molecule has 120 valence electrons. The van der Waals surface area contributed by atoms with Gasteiger partial charge in [-0.25, -0.2) is 8.78 Å². The van der Waals surface area contributed by atoms with Crippen molar-refractivity contribution in [2.45, 2.75) is 70.1 Å². The zero-order valence-corrected chi connectivity index (χ0v) is 12.5. The van der Waals surface area contributed by atoms with E-state index in [1.54, 1.807) is 0 Å². The second-order valence-electron chi connectivity index (χ2n) is 7.51. The highest BCUT2D eigenvalue weighted by molar-refractivity contribution is 5.71. The molecule has 0 saturated heterocycles. The Kier molecular flexibility index (Phi) is 4.51. The Bertz CT molecular complexity index is 375. The number of hydrogen-bond donors (Lipinski definition) is 1. The first kappa shape index (κ1) is 15.2. The molecule has 0 heterocycles. The van der Waals surface area contributed by atoms with Crippen LogP contribution in [0.3, 0.4) is 0 Å². The van der Waals surface area contributed by atoms with Crippen molar-refractivity contribution in [1.29, 1.82) is 0 Å². The molecular formula is C17H26F2O2. The zero-order valence-electron chi connectivity index (χ0n) is 12.5. The Morgan fingerprint density at radius 3 is 1.90 bits per heavy atom. The van der Waals surface area contributed by atoms with E-state index < -0.39 is 24.2 Å². The molecule has 21 heavy (non-hydrogen) atoms. The second kappa shape index (κ2) is 6.21. The van der Waals surface area contributed by atoms with E-state index in [-0.39, 0.29) is 18.8 Å². The summed E-state index contributed by atoms with van der Waals surface area (Å²) in [5.41, 5.74) is 0. The first-order valence-corrected chi connectivity index (χ1v) is 8.57. The third kappa shape index (κ3) is 3.09. The van der Waals surface area contributed by atoms with Crippen molar-refractivity contribution < 1.29 is 18.7 Å². The smallest absolute Gasteiger partial charge is 0.312 e. The van der Waals surface area contributed by atoms with Gasteiger partial charge in [0.1, 0.15) is 18.3 Å². The second-order valence-corrected chi connectivity index (χ2v) is 7.51. The van der Waals surface area contributed by atoms with Crippen LogP contribution in [-0.2, 0) is 4.79 Å². The minimum Gasteiger partial charge on any atom is -0.481 e. The minimum atomic E-state index is -1.51. The van der Waals surface area contributed by atoms with Gasteiger partial charge in [-0.15, -0.1) is 0 Å². The quantitative estimate of drug-likeness (QED) is 0.821. The van der Waals surface area contributed by atoms with Gasteiger partial charge in [-0.2, -0.15) is 0 Å². The predicted octanol–water partition coefficient (Wildman–Crippen LogP) is 4.38. The molecule has 4 heteroatoms. The van der Waals surface area contributed by atoms with Crippen LogP contribution in [0.15, 0.2) is 0 Å². The Labute approximate surface area is 125 Å². The summed E-state index contributed by atoms with van der Waals surface area (Å²) < 4.78 is 28.1. The lowest BCUT2D eigenvalue weighted by atomic mass is 9.62. The summed E-state index contributed by atoms with van der Waals surface area (Å²) in [6, 6.07) is 0. The average Bonchev–Trinajstić information content (AvgIpc) is 2.45. The van der Waals surface area contributed by atoms with Crippen molar-refractivity contribution in [2.24, 2.45) is 29.6 Å². The molecule has 0 aliphatic heterocycles. The van der Waals surface area contributed by atoms with Crippen LogP contribution in [0.25, 0.3) is 0 Å². The molecule has 0 aromatic rings. The van der Waals surface area contributed by atoms with Crippen LogP contribution in [0.2, 0.25) is 0 Å². The molecule has 0 bridgehead atoms. The fraction of sp³-hybridized carbons (Fsp3) is 0.941. The molecule has 3 fully saturated rings. The van der Waals surface area contributed by atoms with Crippen molar-refractivity contribution in [3.8, 4) is 0 Å². The van der Waals surface area contributed by atoms with Crippen LogP contribution in [0.4, 0.5) is 8.78 Å². The molecule has 3 saturated carbocycles. The summed E-state index contributed by atoms with van der Waals surface area (Å²) in [5, 5.41) is 8.95. The van der Waals surface area contributed by atoms with Gasteiger partial charge >= 0.3 is 5.97 Å². The molecular weight excluding hydrogens is 274 g/mol. The zero-order chi connectivity index (χ0) is 15.0. The maximum Gasteiger partial charge on any atom is 0.312 e. The number of alkyl halides is 2. The Morgan fingerprint density at radius 1 is 0.762 bits per heavy atom. The number of fused-ring (bicyclic) bond motifs is 1. The van der Waals surface area contributed by atoms with Crippen LogP contribution in [-0.4, -0.2) is 23.4 Å². The van der Waals surface area contributed by atoms with Gasteiger partial charge in [-0.1, -0.05) is 25.7 Å². The van der Waals surface area contributed by atoms with Gasteiger partial charge in [-0.05, 0) is 55.8 Å². The van der Waals surface area contributed by atoms with Crippen molar-refractivity contribution in [3.05, 3.63) is 0 Å². The molecule has 5 atom stereocenters. The molecule has 3 aliphatic carbocycles. The Morgan fingerprint density at radius 2 is 1.29 bits per heavy atom. The molecule has 0 radical (unpaired) electrons. The first-order chi connectivity index (χ1) is 10.1. The topological polar surface area (TPSA) is 37.3 Å². The summed E-state index contributed by atoms with van der Waals surface area (Å²) in [6.07, 6.45) is 6.15. The first-order valence-electron chi connectivity index (χ1n) is 8.57. The summed E-state index contributed by atoms with van der Waals surface area (Å²) in [7, 11) is 0. The molecule has 3 rings (SSSR count). The minimum absolute atomic E-state index is 0.0495. The van der Waals surface area contributed by atoms with E-state index in [1.807, 2.05) is 0 Å². The molecule has 2 nitrogen and oxygen atoms in total. The molecule has 0 aromatic carbocycles. The van der Waals surface area contributed by atoms with Gasteiger partial charge < -0.3 is 5.11 Å². The summed E-state index contributed by atoms with van der Waals surface area (Å²) >= 11 is 0. The largest absolute Gasteiger partial charge is 0.481 e. The summed E-state index contributed by atoms with van der Waals surface area (Å²) in [5.74, 6) is -0.695. The van der Waals surface area contributed by atoms with Crippen LogP contribution >= 0.6 is 0 Å². The number of carboxylic acid groups (broad SMARTS) is 1. The Hall–Kier alpha value is -0.670. The molecule has 0 amide bonds. The maximum atomic E-state index is 14.1. The van der Waals surface area contributed by atoms with Crippen molar-refractivity contribution in [3.63, 3.8) is 0 Å². The number of carbonyl (C=O) groups is 1. The SMILES string of the molecule is O=C(O)C1C(F)CC(C2CCC3CCCCC3C2)CC1F. The van der Waals surface area contributed by atoms with E-state index >= 15 is 0 Å².